The Bertz CT molecular complexity index is 1560. The highest BCUT2D eigenvalue weighted by Gasteiger charge is 2.31. The molecular formula is C28H20F3N3O2S. The molecule has 0 spiro atoms. The first-order valence-electron chi connectivity index (χ1n) is 11.2. The minimum Gasteiger partial charge on any atom is -0.406 e. The summed E-state index contributed by atoms with van der Waals surface area (Å²) in [4.78, 5) is 17.9. The second kappa shape index (κ2) is 9.94. The summed E-state index contributed by atoms with van der Waals surface area (Å²) in [6.07, 6.45) is -3.05. The second-order valence-corrected chi connectivity index (χ2v) is 9.17. The second-order valence-electron chi connectivity index (χ2n) is 8.15. The molecule has 2 heterocycles. The van der Waals surface area contributed by atoms with Gasteiger partial charge in [0.1, 0.15) is 10.6 Å². The van der Waals surface area contributed by atoms with Crippen LogP contribution in [0.3, 0.4) is 0 Å². The summed E-state index contributed by atoms with van der Waals surface area (Å²) in [5.41, 5.74) is 10.4. The third-order valence-electron chi connectivity index (χ3n) is 5.74. The van der Waals surface area contributed by atoms with Crippen LogP contribution in [0.1, 0.15) is 15.2 Å². The fourth-order valence-electron chi connectivity index (χ4n) is 4.16. The number of aromatic nitrogens is 1. The smallest absolute Gasteiger partial charge is 0.406 e. The molecule has 0 aliphatic carbocycles. The lowest BCUT2D eigenvalue weighted by molar-refractivity contribution is -0.274. The van der Waals surface area contributed by atoms with Gasteiger partial charge in [0.15, 0.2) is 0 Å². The lowest BCUT2D eigenvalue weighted by atomic mass is 10.00. The monoisotopic (exact) mass is 519 g/mol. The first-order chi connectivity index (χ1) is 17.8. The zero-order chi connectivity index (χ0) is 26.0. The molecular weight excluding hydrogens is 499 g/mol. The van der Waals surface area contributed by atoms with Crippen LogP contribution in [0.2, 0.25) is 0 Å². The van der Waals surface area contributed by atoms with Crippen molar-refractivity contribution in [2.24, 2.45) is 5.73 Å². The summed E-state index contributed by atoms with van der Waals surface area (Å²) >= 11 is 1.19. The van der Waals surface area contributed by atoms with Gasteiger partial charge in [-0.25, -0.2) is 0 Å². The third-order valence-corrected chi connectivity index (χ3v) is 6.99. The molecule has 0 bridgehead atoms. The third kappa shape index (κ3) is 5.26. The first-order valence-corrected chi connectivity index (χ1v) is 12.1. The number of carbonyl (C=O) groups excluding carboxylic acids is 1. The topological polar surface area (TPSA) is 77.2 Å². The molecule has 0 aliphatic rings. The number of nitrogens with zero attached hydrogens (tertiary/aromatic N) is 1. The number of amides is 1. The van der Waals surface area contributed by atoms with E-state index in [9.17, 15) is 18.0 Å². The maximum absolute atomic E-state index is 12.6. The van der Waals surface area contributed by atoms with Gasteiger partial charge < -0.3 is 15.8 Å². The largest absolute Gasteiger partial charge is 0.573 e. The molecule has 186 valence electrons. The number of nitrogens with one attached hydrogen (secondary N) is 1. The number of halogens is 3. The van der Waals surface area contributed by atoms with E-state index in [0.29, 0.717) is 27.5 Å². The van der Waals surface area contributed by atoms with E-state index in [1.807, 2.05) is 60.7 Å². The van der Waals surface area contributed by atoms with Gasteiger partial charge >= 0.3 is 6.36 Å². The van der Waals surface area contributed by atoms with Gasteiger partial charge in [-0.1, -0.05) is 48.5 Å². The molecule has 0 saturated heterocycles. The summed E-state index contributed by atoms with van der Waals surface area (Å²) in [5.74, 6) is -0.931. The summed E-state index contributed by atoms with van der Waals surface area (Å²) in [6, 6.07) is 24.7. The zero-order valence-corrected chi connectivity index (χ0v) is 20.1. The van der Waals surface area contributed by atoms with Crippen LogP contribution >= 0.6 is 11.3 Å². The molecule has 1 amide bonds. The Hall–Kier alpha value is -4.37. The van der Waals surface area contributed by atoms with Crippen molar-refractivity contribution in [2.45, 2.75) is 12.9 Å². The van der Waals surface area contributed by atoms with Gasteiger partial charge in [0.2, 0.25) is 0 Å². The van der Waals surface area contributed by atoms with E-state index in [2.05, 4.69) is 15.0 Å². The molecule has 0 unspecified atom stereocenters. The minimum absolute atomic E-state index is 0.322. The van der Waals surface area contributed by atoms with Crippen LogP contribution in [0.5, 0.6) is 5.75 Å². The number of thiophene rings is 1. The van der Waals surface area contributed by atoms with Crippen molar-refractivity contribution in [2.75, 3.05) is 5.32 Å². The molecule has 0 aliphatic heterocycles. The Balaban J connectivity index is 1.60. The fourth-order valence-corrected chi connectivity index (χ4v) is 5.31. The summed E-state index contributed by atoms with van der Waals surface area (Å²) in [5, 5.41) is 4.39. The number of carbonyl (C=O) groups is 1. The molecule has 0 atom stereocenters. The van der Waals surface area contributed by atoms with Gasteiger partial charge in [-0.15, -0.1) is 24.5 Å². The molecule has 0 saturated carbocycles. The summed E-state index contributed by atoms with van der Waals surface area (Å²) in [7, 11) is 0. The van der Waals surface area contributed by atoms with Crippen molar-refractivity contribution in [3.63, 3.8) is 0 Å². The van der Waals surface area contributed by atoms with Gasteiger partial charge in [0.25, 0.3) is 5.91 Å². The molecule has 2 aromatic heterocycles. The summed E-state index contributed by atoms with van der Waals surface area (Å²) in [6.45, 7) is 0.400. The van der Waals surface area contributed by atoms with Crippen molar-refractivity contribution in [1.82, 2.24) is 4.98 Å². The zero-order valence-electron chi connectivity index (χ0n) is 19.3. The van der Waals surface area contributed by atoms with Crippen LogP contribution in [-0.2, 0) is 6.54 Å². The SMILES string of the molecule is NC(=O)c1sc(-c2ccc(OC(F)(F)F)cc2)c(-c2ccccc2)c1NCc1ccnc2ccccc12. The highest BCUT2D eigenvalue weighted by Crippen LogP contribution is 2.47. The lowest BCUT2D eigenvalue weighted by Crippen LogP contribution is -2.16. The Morgan fingerprint density at radius 3 is 2.32 bits per heavy atom. The molecule has 3 aromatic carbocycles. The van der Waals surface area contributed by atoms with Gasteiger partial charge in [-0.2, -0.15) is 0 Å². The molecule has 37 heavy (non-hydrogen) atoms. The van der Waals surface area contributed by atoms with Crippen LogP contribution in [0.15, 0.2) is 91.1 Å². The van der Waals surface area contributed by atoms with E-state index < -0.39 is 12.3 Å². The minimum atomic E-state index is -4.78. The number of nitrogens with two attached hydrogens (primary N) is 1. The molecule has 5 aromatic rings. The number of fused-ring (bicyclic) bond motifs is 1. The van der Waals surface area contributed by atoms with E-state index in [-0.39, 0.29) is 5.75 Å². The molecule has 0 fully saturated rings. The first kappa shape index (κ1) is 24.3. The standard InChI is InChI=1S/C28H20F3N3O2S/c29-28(30,31)36-20-12-10-18(11-13-20)25-23(17-6-2-1-3-7-17)24(26(37-25)27(32)35)34-16-19-14-15-33-22-9-5-4-8-21(19)22/h1-15,34H,16H2,(H2,32,35). The average Bonchev–Trinajstić information content (AvgIpc) is 3.27. The Morgan fingerprint density at radius 1 is 0.919 bits per heavy atom. The number of ether oxygens (including phenoxy) is 1. The van der Waals surface area contributed by atoms with E-state index in [1.54, 1.807) is 6.20 Å². The van der Waals surface area contributed by atoms with E-state index in [1.165, 1.54) is 35.6 Å². The van der Waals surface area contributed by atoms with E-state index in [0.717, 1.165) is 27.6 Å². The fraction of sp³-hybridized carbons (Fsp3) is 0.0714. The molecule has 0 radical (unpaired) electrons. The number of para-hydroxylation sites is 1. The van der Waals surface area contributed by atoms with E-state index >= 15 is 0 Å². The van der Waals surface area contributed by atoms with Crippen molar-refractivity contribution in [3.05, 3.63) is 102 Å². The molecule has 5 rings (SSSR count). The maximum atomic E-state index is 12.6. The number of primary amides is 1. The number of hydrogen-bond acceptors (Lipinski definition) is 5. The highest BCUT2D eigenvalue weighted by molar-refractivity contribution is 7.18. The number of hydrogen-bond donors (Lipinski definition) is 2. The number of benzene rings is 3. The lowest BCUT2D eigenvalue weighted by Gasteiger charge is -2.13. The summed E-state index contributed by atoms with van der Waals surface area (Å²) < 4.78 is 41.9. The van der Waals surface area contributed by atoms with Gasteiger partial charge in [-0.05, 0) is 53.1 Å². The van der Waals surface area contributed by atoms with Crippen LogP contribution < -0.4 is 15.8 Å². The van der Waals surface area contributed by atoms with Crippen LogP contribution in [0.4, 0.5) is 18.9 Å². The van der Waals surface area contributed by atoms with Crippen LogP contribution in [0, 0.1) is 0 Å². The van der Waals surface area contributed by atoms with Crippen LogP contribution in [-0.4, -0.2) is 17.3 Å². The molecule has 3 N–H and O–H groups in total. The predicted molar refractivity (Wildman–Crippen MR) is 139 cm³/mol. The number of rotatable bonds is 7. The Kier molecular flexibility index (Phi) is 6.54. The normalized spacial score (nSPS) is 11.4. The molecule has 5 nitrogen and oxygen atoms in total. The van der Waals surface area contributed by atoms with Gasteiger partial charge in [-0.3, -0.25) is 9.78 Å². The van der Waals surface area contributed by atoms with Crippen molar-refractivity contribution in [3.8, 4) is 27.3 Å². The number of anilines is 1. The van der Waals surface area contributed by atoms with Gasteiger partial charge in [0.05, 0.1) is 11.2 Å². The van der Waals surface area contributed by atoms with Crippen molar-refractivity contribution < 1.29 is 22.7 Å². The molecule has 9 heteroatoms. The van der Waals surface area contributed by atoms with E-state index in [4.69, 9.17) is 5.73 Å². The van der Waals surface area contributed by atoms with Crippen LogP contribution in [0.25, 0.3) is 32.5 Å². The number of alkyl halides is 3. The van der Waals surface area contributed by atoms with Gasteiger partial charge in [0, 0.05) is 28.6 Å². The number of pyridine rings is 1. The maximum Gasteiger partial charge on any atom is 0.573 e. The van der Waals surface area contributed by atoms with Crippen molar-refractivity contribution in [1.29, 1.82) is 0 Å². The van der Waals surface area contributed by atoms with Crippen molar-refractivity contribution >= 4 is 33.8 Å². The Labute approximate surface area is 214 Å². The predicted octanol–water partition coefficient (Wildman–Crippen LogP) is 7.24. The Morgan fingerprint density at radius 2 is 1.62 bits per heavy atom. The quantitative estimate of drug-likeness (QED) is 0.238. The average molecular weight is 520 g/mol. The highest BCUT2D eigenvalue weighted by atomic mass is 32.1.